The van der Waals surface area contributed by atoms with E-state index in [0.29, 0.717) is 30.9 Å². The van der Waals surface area contributed by atoms with Crippen LogP contribution in [0.1, 0.15) is 33.6 Å². The minimum absolute atomic E-state index is 0.0680. The van der Waals surface area contributed by atoms with Crippen LogP contribution in [0.3, 0.4) is 0 Å². The van der Waals surface area contributed by atoms with Crippen LogP contribution in [0.2, 0.25) is 0 Å². The summed E-state index contributed by atoms with van der Waals surface area (Å²) in [6.07, 6.45) is 0.858. The Morgan fingerprint density at radius 1 is 1.24 bits per heavy atom. The van der Waals surface area contributed by atoms with Gasteiger partial charge in [-0.25, -0.2) is 0 Å². The highest BCUT2D eigenvalue weighted by Crippen LogP contribution is 2.36. The molecule has 1 aliphatic carbocycles. The Morgan fingerprint density at radius 2 is 1.82 bits per heavy atom. The van der Waals surface area contributed by atoms with Gasteiger partial charge in [-0.05, 0) is 12.3 Å². The largest absolute Gasteiger partial charge is 0.477 e. The van der Waals surface area contributed by atoms with Crippen molar-refractivity contribution < 1.29 is 14.3 Å². The van der Waals surface area contributed by atoms with Gasteiger partial charge in [0.15, 0.2) is 11.6 Å². The zero-order chi connectivity index (χ0) is 12.6. The number of hydrogen-bond donors (Lipinski definition) is 0. The average molecular weight is 237 g/mol. The molecule has 1 heterocycles. The summed E-state index contributed by atoms with van der Waals surface area (Å²) in [5.41, 5.74) is 0.0807. The third-order valence-electron chi connectivity index (χ3n) is 3.32. The molecule has 4 nitrogen and oxygen atoms in total. The van der Waals surface area contributed by atoms with E-state index in [0.717, 1.165) is 13.1 Å². The molecule has 0 bridgehead atoms. The van der Waals surface area contributed by atoms with Crippen molar-refractivity contribution in [1.29, 1.82) is 0 Å². The molecule has 1 saturated heterocycles. The molecule has 0 radical (unpaired) electrons. The van der Waals surface area contributed by atoms with Gasteiger partial charge in [0, 0.05) is 19.4 Å². The van der Waals surface area contributed by atoms with Gasteiger partial charge in [-0.1, -0.05) is 13.8 Å². The summed E-state index contributed by atoms with van der Waals surface area (Å²) >= 11 is 0. The first-order valence-electron chi connectivity index (χ1n) is 6.13. The van der Waals surface area contributed by atoms with E-state index in [2.05, 4.69) is 0 Å². The van der Waals surface area contributed by atoms with Gasteiger partial charge in [0.05, 0.1) is 6.54 Å². The maximum Gasteiger partial charge on any atom is 0.204 e. The summed E-state index contributed by atoms with van der Waals surface area (Å²) in [4.78, 5) is 26.1. The molecule has 0 aromatic carbocycles. The lowest BCUT2D eigenvalue weighted by Crippen LogP contribution is -2.34. The second-order valence-corrected chi connectivity index (χ2v) is 5.47. The second kappa shape index (κ2) is 4.17. The van der Waals surface area contributed by atoms with Gasteiger partial charge < -0.3 is 9.64 Å². The number of hydrogen-bond acceptors (Lipinski definition) is 4. The molecule has 0 aromatic rings. The number of rotatable bonds is 1. The number of Topliss-reactive ketones (excluding diaryl/α,β-unsaturated/α-hetero) is 2. The van der Waals surface area contributed by atoms with Crippen molar-refractivity contribution in [1.82, 2.24) is 4.90 Å². The standard InChI is InChI=1S/C13H19NO3/c1-4-14-5-6-17-12(14)11-9(15)7-13(2,3)8-10(11)16/h4-8H2,1-3H3. The Labute approximate surface area is 102 Å². The molecule has 0 unspecified atom stereocenters. The number of ether oxygens (including phenoxy) is 1. The van der Waals surface area contributed by atoms with Gasteiger partial charge in [-0.3, -0.25) is 9.59 Å². The highest BCUT2D eigenvalue weighted by Gasteiger charge is 2.40. The Bertz CT molecular complexity index is 373. The number of carbonyl (C=O) groups excluding carboxylic acids is 2. The van der Waals surface area contributed by atoms with Gasteiger partial charge in [-0.15, -0.1) is 0 Å². The SMILES string of the molecule is CCN1CCOC1=C1C(=O)CC(C)(C)CC1=O. The third kappa shape index (κ3) is 2.21. The third-order valence-corrected chi connectivity index (χ3v) is 3.32. The highest BCUT2D eigenvalue weighted by atomic mass is 16.5. The first kappa shape index (κ1) is 12.1. The van der Waals surface area contributed by atoms with E-state index >= 15 is 0 Å². The molecule has 1 saturated carbocycles. The fourth-order valence-corrected chi connectivity index (χ4v) is 2.48. The lowest BCUT2D eigenvalue weighted by molar-refractivity contribution is -0.127. The minimum atomic E-state index is -0.214. The molecular weight excluding hydrogens is 218 g/mol. The summed E-state index contributed by atoms with van der Waals surface area (Å²) in [6.45, 7) is 8.00. The van der Waals surface area contributed by atoms with Crippen LogP contribution in [-0.2, 0) is 14.3 Å². The molecular formula is C13H19NO3. The van der Waals surface area contributed by atoms with E-state index in [1.54, 1.807) is 0 Å². The van der Waals surface area contributed by atoms with Crippen molar-refractivity contribution in [3.63, 3.8) is 0 Å². The molecule has 0 N–H and O–H groups in total. The van der Waals surface area contributed by atoms with Crippen LogP contribution in [0.25, 0.3) is 0 Å². The van der Waals surface area contributed by atoms with Crippen molar-refractivity contribution in [3.05, 3.63) is 11.5 Å². The summed E-state index contributed by atoms with van der Waals surface area (Å²) in [7, 11) is 0. The highest BCUT2D eigenvalue weighted by molar-refractivity contribution is 6.22. The molecule has 0 aromatic heterocycles. The van der Waals surface area contributed by atoms with Crippen LogP contribution >= 0.6 is 0 Å². The minimum Gasteiger partial charge on any atom is -0.477 e. The first-order valence-corrected chi connectivity index (χ1v) is 6.13. The summed E-state index contributed by atoms with van der Waals surface area (Å²) in [6, 6.07) is 0. The smallest absolute Gasteiger partial charge is 0.204 e. The molecule has 2 aliphatic rings. The Morgan fingerprint density at radius 3 is 2.35 bits per heavy atom. The second-order valence-electron chi connectivity index (χ2n) is 5.47. The number of allylic oxidation sites excluding steroid dienone is 1. The molecule has 94 valence electrons. The number of carbonyl (C=O) groups is 2. The van der Waals surface area contributed by atoms with Crippen molar-refractivity contribution >= 4 is 11.6 Å². The van der Waals surface area contributed by atoms with Crippen molar-refractivity contribution in [2.75, 3.05) is 19.7 Å². The van der Waals surface area contributed by atoms with Crippen LogP contribution < -0.4 is 0 Å². The van der Waals surface area contributed by atoms with Gasteiger partial charge in [0.2, 0.25) is 5.88 Å². The Kier molecular flexibility index (Phi) is 2.98. The fraction of sp³-hybridized carbons (Fsp3) is 0.692. The number of nitrogens with zero attached hydrogens (tertiary/aromatic N) is 1. The van der Waals surface area contributed by atoms with Gasteiger partial charge in [0.1, 0.15) is 12.2 Å². The molecule has 2 fully saturated rings. The average Bonchev–Trinajstić information content (AvgIpc) is 2.62. The van der Waals surface area contributed by atoms with Gasteiger partial charge in [-0.2, -0.15) is 0 Å². The van der Waals surface area contributed by atoms with Gasteiger partial charge in [0.25, 0.3) is 0 Å². The van der Waals surface area contributed by atoms with E-state index in [1.165, 1.54) is 0 Å². The van der Waals surface area contributed by atoms with Crippen LogP contribution in [0, 0.1) is 5.41 Å². The molecule has 0 atom stereocenters. The Hall–Kier alpha value is -1.32. The van der Waals surface area contributed by atoms with E-state index in [4.69, 9.17) is 4.74 Å². The molecule has 4 heteroatoms. The van der Waals surface area contributed by atoms with Crippen molar-refractivity contribution in [2.24, 2.45) is 5.41 Å². The van der Waals surface area contributed by atoms with Crippen molar-refractivity contribution in [3.8, 4) is 0 Å². The van der Waals surface area contributed by atoms with Crippen LogP contribution in [0.4, 0.5) is 0 Å². The maximum absolute atomic E-state index is 12.1. The summed E-state index contributed by atoms with van der Waals surface area (Å²) < 4.78 is 5.47. The first-order chi connectivity index (χ1) is 7.94. The van der Waals surface area contributed by atoms with E-state index in [-0.39, 0.29) is 17.0 Å². The monoisotopic (exact) mass is 237 g/mol. The van der Waals surface area contributed by atoms with Crippen LogP contribution in [0.5, 0.6) is 0 Å². The van der Waals surface area contributed by atoms with Crippen LogP contribution in [-0.4, -0.2) is 36.2 Å². The molecule has 0 spiro atoms. The zero-order valence-corrected chi connectivity index (χ0v) is 10.7. The summed E-state index contributed by atoms with van der Waals surface area (Å²) in [5.74, 6) is 0.376. The van der Waals surface area contributed by atoms with E-state index in [9.17, 15) is 9.59 Å². The number of likely N-dealkylation sites (N-methyl/N-ethyl adjacent to an activating group) is 1. The molecule has 1 aliphatic heterocycles. The zero-order valence-electron chi connectivity index (χ0n) is 10.7. The number of ketones is 2. The van der Waals surface area contributed by atoms with E-state index in [1.807, 2.05) is 25.7 Å². The molecule has 17 heavy (non-hydrogen) atoms. The molecule has 2 rings (SSSR count). The summed E-state index contributed by atoms with van der Waals surface area (Å²) in [5, 5.41) is 0. The normalized spacial score (nSPS) is 24.3. The van der Waals surface area contributed by atoms with Crippen molar-refractivity contribution in [2.45, 2.75) is 33.6 Å². The molecule has 0 amide bonds. The Balaban J connectivity index is 2.35. The predicted octanol–water partition coefficient (Wildman–Crippen LogP) is 1.51. The quantitative estimate of drug-likeness (QED) is 0.512. The predicted molar refractivity (Wildman–Crippen MR) is 63.3 cm³/mol. The van der Waals surface area contributed by atoms with Gasteiger partial charge >= 0.3 is 0 Å². The fourth-order valence-electron chi connectivity index (χ4n) is 2.48. The lowest BCUT2D eigenvalue weighted by Gasteiger charge is -2.29. The maximum atomic E-state index is 12.1. The lowest BCUT2D eigenvalue weighted by atomic mass is 9.74. The van der Waals surface area contributed by atoms with E-state index < -0.39 is 0 Å². The van der Waals surface area contributed by atoms with Crippen LogP contribution in [0.15, 0.2) is 11.5 Å². The topological polar surface area (TPSA) is 46.6 Å².